The lowest BCUT2D eigenvalue weighted by atomic mass is 10.1. The monoisotopic (exact) mass is 429 g/mol. The van der Waals surface area contributed by atoms with Crippen LogP contribution in [0.2, 0.25) is 0 Å². The summed E-state index contributed by atoms with van der Waals surface area (Å²) in [5, 5.41) is 3.67. The van der Waals surface area contributed by atoms with Crippen LogP contribution >= 0.6 is 43.2 Å². The van der Waals surface area contributed by atoms with Crippen LogP contribution in [0.4, 0.5) is 0 Å². The minimum atomic E-state index is 0.489. The average molecular weight is 431 g/mol. The van der Waals surface area contributed by atoms with Gasteiger partial charge in [0, 0.05) is 30.3 Å². The van der Waals surface area contributed by atoms with Gasteiger partial charge in [0.1, 0.15) is 0 Å². The van der Waals surface area contributed by atoms with Gasteiger partial charge in [-0.25, -0.2) is 0 Å². The first-order valence-corrected chi connectivity index (χ1v) is 9.84. The van der Waals surface area contributed by atoms with Crippen molar-refractivity contribution in [3.8, 4) is 10.4 Å². The minimum absolute atomic E-state index is 0.489. The standard InChI is InChI=1S/C17H21Br2NS/c1-3-5-15(20-10-4-2)17-9-8-16(21-17)13-7-6-12(18)11-14(13)19/h6-9,11,15,20H,3-5,10H2,1-2H3. The Hall–Kier alpha value is -0.160. The first kappa shape index (κ1) is 17.2. The zero-order valence-electron chi connectivity index (χ0n) is 12.5. The van der Waals surface area contributed by atoms with E-state index in [4.69, 9.17) is 0 Å². The van der Waals surface area contributed by atoms with Crippen molar-refractivity contribution in [2.45, 2.75) is 39.2 Å². The molecule has 2 aromatic rings. The van der Waals surface area contributed by atoms with E-state index < -0.39 is 0 Å². The second-order valence-electron chi connectivity index (χ2n) is 5.12. The molecule has 0 bridgehead atoms. The van der Waals surface area contributed by atoms with Crippen molar-refractivity contribution >= 4 is 43.2 Å². The Bertz CT molecular complexity index is 580. The largest absolute Gasteiger partial charge is 0.309 e. The number of hydrogen-bond acceptors (Lipinski definition) is 2. The van der Waals surface area contributed by atoms with E-state index in [1.165, 1.54) is 34.6 Å². The zero-order chi connectivity index (χ0) is 15.2. The molecule has 1 atom stereocenters. The van der Waals surface area contributed by atoms with Crippen molar-refractivity contribution in [2.24, 2.45) is 0 Å². The summed E-state index contributed by atoms with van der Waals surface area (Å²) in [5.74, 6) is 0. The lowest BCUT2D eigenvalue weighted by Gasteiger charge is -2.16. The second-order valence-corrected chi connectivity index (χ2v) is 8.01. The van der Waals surface area contributed by atoms with E-state index in [1.54, 1.807) is 0 Å². The summed E-state index contributed by atoms with van der Waals surface area (Å²) in [6.45, 7) is 5.55. The van der Waals surface area contributed by atoms with Crippen LogP contribution in [0.3, 0.4) is 0 Å². The topological polar surface area (TPSA) is 12.0 Å². The van der Waals surface area contributed by atoms with Gasteiger partial charge in [0.25, 0.3) is 0 Å². The fourth-order valence-electron chi connectivity index (χ4n) is 2.33. The van der Waals surface area contributed by atoms with E-state index in [9.17, 15) is 0 Å². The smallest absolute Gasteiger partial charge is 0.0414 e. The number of rotatable bonds is 7. The van der Waals surface area contributed by atoms with Crippen LogP contribution in [0.15, 0.2) is 39.3 Å². The number of thiophene rings is 1. The zero-order valence-corrected chi connectivity index (χ0v) is 16.4. The van der Waals surface area contributed by atoms with Gasteiger partial charge >= 0.3 is 0 Å². The first-order valence-electron chi connectivity index (χ1n) is 7.44. The molecule has 2 rings (SSSR count). The summed E-state index contributed by atoms with van der Waals surface area (Å²) in [7, 11) is 0. The third-order valence-corrected chi connectivity index (χ3v) is 5.77. The lowest BCUT2D eigenvalue weighted by molar-refractivity contribution is 0.501. The highest BCUT2D eigenvalue weighted by Crippen LogP contribution is 2.37. The summed E-state index contributed by atoms with van der Waals surface area (Å²) in [6.07, 6.45) is 3.58. The maximum atomic E-state index is 3.67. The van der Waals surface area contributed by atoms with Gasteiger partial charge in [-0.3, -0.25) is 0 Å². The Kier molecular flexibility index (Phi) is 6.93. The van der Waals surface area contributed by atoms with Crippen LogP contribution in [0.5, 0.6) is 0 Å². The molecule has 1 aromatic carbocycles. The molecule has 0 spiro atoms. The molecule has 0 aliphatic carbocycles. The molecule has 0 fully saturated rings. The number of benzene rings is 1. The van der Waals surface area contributed by atoms with E-state index in [2.05, 4.69) is 81.4 Å². The molecule has 4 heteroatoms. The molecular weight excluding hydrogens is 410 g/mol. The SMILES string of the molecule is CCCNC(CCC)c1ccc(-c2ccc(Br)cc2Br)s1. The van der Waals surface area contributed by atoms with E-state index >= 15 is 0 Å². The van der Waals surface area contributed by atoms with Crippen LogP contribution in [0.1, 0.15) is 44.0 Å². The molecule has 0 amide bonds. The van der Waals surface area contributed by atoms with Crippen molar-refractivity contribution in [2.75, 3.05) is 6.54 Å². The molecule has 1 heterocycles. The molecule has 1 unspecified atom stereocenters. The number of halogens is 2. The average Bonchev–Trinajstić information content (AvgIpc) is 2.93. The molecule has 0 saturated carbocycles. The van der Waals surface area contributed by atoms with E-state index in [-0.39, 0.29) is 0 Å². The van der Waals surface area contributed by atoms with Gasteiger partial charge < -0.3 is 5.32 Å². The first-order chi connectivity index (χ1) is 10.2. The van der Waals surface area contributed by atoms with Gasteiger partial charge in [0.05, 0.1) is 0 Å². The van der Waals surface area contributed by atoms with Gasteiger partial charge in [-0.1, -0.05) is 58.2 Å². The quantitative estimate of drug-likeness (QED) is 0.510. The molecule has 1 nitrogen and oxygen atoms in total. The van der Waals surface area contributed by atoms with Crippen molar-refractivity contribution in [3.05, 3.63) is 44.2 Å². The number of nitrogens with one attached hydrogen (secondary N) is 1. The molecule has 1 aromatic heterocycles. The molecule has 0 saturated heterocycles. The maximum absolute atomic E-state index is 3.67. The van der Waals surface area contributed by atoms with Crippen LogP contribution in [-0.4, -0.2) is 6.54 Å². The van der Waals surface area contributed by atoms with Gasteiger partial charge in [-0.2, -0.15) is 0 Å². The van der Waals surface area contributed by atoms with Crippen LogP contribution in [-0.2, 0) is 0 Å². The third kappa shape index (κ3) is 4.65. The Morgan fingerprint density at radius 2 is 1.90 bits per heavy atom. The summed E-state index contributed by atoms with van der Waals surface area (Å²) in [6, 6.07) is 11.4. The Morgan fingerprint density at radius 1 is 1.10 bits per heavy atom. The van der Waals surface area contributed by atoms with Gasteiger partial charge in [0.2, 0.25) is 0 Å². The minimum Gasteiger partial charge on any atom is -0.309 e. The fourth-order valence-corrected chi connectivity index (χ4v) is 4.88. The summed E-state index contributed by atoms with van der Waals surface area (Å²) >= 11 is 9.07. The normalized spacial score (nSPS) is 12.6. The second kappa shape index (κ2) is 8.47. The van der Waals surface area contributed by atoms with Crippen molar-refractivity contribution < 1.29 is 0 Å². The van der Waals surface area contributed by atoms with E-state index in [0.717, 1.165) is 15.5 Å². The van der Waals surface area contributed by atoms with Crippen LogP contribution in [0.25, 0.3) is 10.4 Å². The Morgan fingerprint density at radius 3 is 2.57 bits per heavy atom. The van der Waals surface area contributed by atoms with Crippen molar-refractivity contribution in [3.63, 3.8) is 0 Å². The maximum Gasteiger partial charge on any atom is 0.0414 e. The summed E-state index contributed by atoms with van der Waals surface area (Å²) in [4.78, 5) is 2.76. The summed E-state index contributed by atoms with van der Waals surface area (Å²) < 4.78 is 2.24. The van der Waals surface area contributed by atoms with Crippen molar-refractivity contribution in [1.82, 2.24) is 5.32 Å². The molecule has 0 radical (unpaired) electrons. The van der Waals surface area contributed by atoms with Crippen LogP contribution in [0, 0.1) is 0 Å². The summed E-state index contributed by atoms with van der Waals surface area (Å²) in [5.41, 5.74) is 1.26. The molecule has 0 aliphatic heterocycles. The predicted molar refractivity (Wildman–Crippen MR) is 101 cm³/mol. The lowest BCUT2D eigenvalue weighted by Crippen LogP contribution is -2.21. The number of hydrogen-bond donors (Lipinski definition) is 1. The van der Waals surface area contributed by atoms with Crippen LogP contribution < -0.4 is 5.32 Å². The Balaban J connectivity index is 2.22. The molecule has 114 valence electrons. The highest BCUT2D eigenvalue weighted by molar-refractivity contribution is 9.11. The Labute approximate surface area is 148 Å². The molecule has 0 aliphatic rings. The van der Waals surface area contributed by atoms with E-state index in [1.807, 2.05) is 11.3 Å². The van der Waals surface area contributed by atoms with Crippen molar-refractivity contribution in [1.29, 1.82) is 0 Å². The molecule has 1 N–H and O–H groups in total. The van der Waals surface area contributed by atoms with Gasteiger partial charge in [0.15, 0.2) is 0 Å². The van der Waals surface area contributed by atoms with Gasteiger partial charge in [-0.05, 0) is 43.7 Å². The highest BCUT2D eigenvalue weighted by atomic mass is 79.9. The third-order valence-electron chi connectivity index (χ3n) is 3.38. The fraction of sp³-hybridized carbons (Fsp3) is 0.412. The van der Waals surface area contributed by atoms with E-state index in [0.29, 0.717) is 6.04 Å². The highest BCUT2D eigenvalue weighted by Gasteiger charge is 2.14. The van der Waals surface area contributed by atoms with Gasteiger partial charge in [-0.15, -0.1) is 11.3 Å². The molecular formula is C17H21Br2NS. The predicted octanol–water partition coefficient (Wildman–Crippen LogP) is 6.78. The molecule has 21 heavy (non-hydrogen) atoms.